The zero-order chi connectivity index (χ0) is 13.1. The number of likely N-dealkylation sites (N-methyl/N-ethyl adjacent to an activating group) is 1. The van der Waals surface area contributed by atoms with E-state index in [1.807, 2.05) is 12.1 Å². The van der Waals surface area contributed by atoms with Crippen LogP contribution in [0, 0.1) is 0 Å². The van der Waals surface area contributed by atoms with E-state index in [1.54, 1.807) is 6.26 Å². The maximum Gasteiger partial charge on any atom is 0.117 e. The van der Waals surface area contributed by atoms with Crippen LogP contribution in [0.2, 0.25) is 0 Å². The minimum atomic E-state index is 0.539. The number of para-hydroxylation sites is 1. The van der Waals surface area contributed by atoms with E-state index in [0.717, 1.165) is 25.3 Å². The summed E-state index contributed by atoms with van der Waals surface area (Å²) in [5, 5.41) is 3.56. The first kappa shape index (κ1) is 12.3. The molecule has 0 saturated carbocycles. The summed E-state index contributed by atoms with van der Waals surface area (Å²) in [6, 6.07) is 13.1. The Balaban J connectivity index is 1.65. The first-order valence-electron chi connectivity index (χ1n) is 6.87. The SMILES string of the molecule is CN(Cc1ccco1)C1CCc2ccccc2NC1. The summed E-state index contributed by atoms with van der Waals surface area (Å²) in [6.45, 7) is 1.86. The van der Waals surface area contributed by atoms with Crippen LogP contribution in [-0.4, -0.2) is 24.5 Å². The molecule has 2 heterocycles. The smallest absolute Gasteiger partial charge is 0.117 e. The lowest BCUT2D eigenvalue weighted by atomic mass is 10.1. The monoisotopic (exact) mass is 256 g/mol. The number of furan rings is 1. The van der Waals surface area contributed by atoms with Crippen LogP contribution in [-0.2, 0) is 13.0 Å². The van der Waals surface area contributed by atoms with Crippen molar-refractivity contribution in [3.05, 3.63) is 54.0 Å². The lowest BCUT2D eigenvalue weighted by Crippen LogP contribution is -2.36. The van der Waals surface area contributed by atoms with E-state index in [1.165, 1.54) is 17.7 Å². The van der Waals surface area contributed by atoms with Gasteiger partial charge in [-0.15, -0.1) is 0 Å². The van der Waals surface area contributed by atoms with Crippen LogP contribution in [0.5, 0.6) is 0 Å². The summed E-state index contributed by atoms with van der Waals surface area (Å²) in [5.74, 6) is 1.03. The molecule has 1 N–H and O–H groups in total. The number of aryl methyl sites for hydroxylation is 1. The Labute approximate surface area is 114 Å². The molecule has 1 atom stereocenters. The number of fused-ring (bicyclic) bond motifs is 1. The molecule has 3 rings (SSSR count). The van der Waals surface area contributed by atoms with E-state index >= 15 is 0 Å². The summed E-state index contributed by atoms with van der Waals surface area (Å²) in [7, 11) is 2.17. The molecule has 0 radical (unpaired) electrons. The number of benzene rings is 1. The molecular formula is C16H20N2O. The summed E-state index contributed by atoms with van der Waals surface area (Å²) in [6.07, 6.45) is 4.06. The Hall–Kier alpha value is -1.74. The zero-order valence-electron chi connectivity index (χ0n) is 11.3. The van der Waals surface area contributed by atoms with Gasteiger partial charge in [-0.3, -0.25) is 4.90 Å². The van der Waals surface area contributed by atoms with Gasteiger partial charge in [0.15, 0.2) is 0 Å². The van der Waals surface area contributed by atoms with E-state index in [0.29, 0.717) is 6.04 Å². The molecule has 1 aromatic heterocycles. The fourth-order valence-corrected chi connectivity index (χ4v) is 2.72. The van der Waals surface area contributed by atoms with Crippen molar-refractivity contribution in [1.82, 2.24) is 4.90 Å². The third kappa shape index (κ3) is 2.82. The molecule has 0 fully saturated rings. The Kier molecular flexibility index (Phi) is 3.56. The quantitative estimate of drug-likeness (QED) is 0.914. The van der Waals surface area contributed by atoms with Crippen LogP contribution < -0.4 is 5.32 Å². The molecule has 0 aliphatic carbocycles. The summed E-state index contributed by atoms with van der Waals surface area (Å²) in [5.41, 5.74) is 2.72. The fourth-order valence-electron chi connectivity index (χ4n) is 2.72. The van der Waals surface area contributed by atoms with Crippen LogP contribution >= 0.6 is 0 Å². The number of nitrogens with one attached hydrogen (secondary N) is 1. The highest BCUT2D eigenvalue weighted by molar-refractivity contribution is 5.52. The van der Waals surface area contributed by atoms with Gasteiger partial charge in [0.1, 0.15) is 5.76 Å². The Bertz CT molecular complexity index is 494. The van der Waals surface area contributed by atoms with Crippen LogP contribution in [0.1, 0.15) is 17.7 Å². The van der Waals surface area contributed by atoms with Gasteiger partial charge in [0.2, 0.25) is 0 Å². The van der Waals surface area contributed by atoms with Crippen molar-refractivity contribution < 1.29 is 4.42 Å². The second-order valence-corrected chi connectivity index (χ2v) is 5.23. The number of rotatable bonds is 3. The van der Waals surface area contributed by atoms with Gasteiger partial charge in [-0.1, -0.05) is 18.2 Å². The van der Waals surface area contributed by atoms with Crippen molar-refractivity contribution in [2.45, 2.75) is 25.4 Å². The maximum absolute atomic E-state index is 5.43. The van der Waals surface area contributed by atoms with Crippen molar-refractivity contribution in [3.8, 4) is 0 Å². The largest absolute Gasteiger partial charge is 0.468 e. The minimum absolute atomic E-state index is 0.539. The van der Waals surface area contributed by atoms with E-state index < -0.39 is 0 Å². The highest BCUT2D eigenvalue weighted by Crippen LogP contribution is 2.23. The lowest BCUT2D eigenvalue weighted by Gasteiger charge is -2.26. The van der Waals surface area contributed by atoms with Crippen molar-refractivity contribution in [2.24, 2.45) is 0 Å². The Morgan fingerprint density at radius 1 is 1.26 bits per heavy atom. The van der Waals surface area contributed by atoms with Crippen molar-refractivity contribution in [2.75, 3.05) is 18.9 Å². The van der Waals surface area contributed by atoms with Gasteiger partial charge in [-0.2, -0.15) is 0 Å². The average Bonchev–Trinajstić information content (AvgIpc) is 2.83. The second kappa shape index (κ2) is 5.49. The molecule has 1 aromatic carbocycles. The van der Waals surface area contributed by atoms with Gasteiger partial charge >= 0.3 is 0 Å². The van der Waals surface area contributed by atoms with Crippen LogP contribution in [0.15, 0.2) is 47.1 Å². The first-order valence-corrected chi connectivity index (χ1v) is 6.87. The minimum Gasteiger partial charge on any atom is -0.468 e. The Morgan fingerprint density at radius 3 is 3.00 bits per heavy atom. The number of hydrogen-bond donors (Lipinski definition) is 1. The van der Waals surface area contributed by atoms with E-state index in [-0.39, 0.29) is 0 Å². The highest BCUT2D eigenvalue weighted by atomic mass is 16.3. The topological polar surface area (TPSA) is 28.4 Å². The molecule has 1 unspecified atom stereocenters. The second-order valence-electron chi connectivity index (χ2n) is 5.23. The van der Waals surface area contributed by atoms with E-state index in [2.05, 4.69) is 41.5 Å². The molecule has 100 valence electrons. The predicted octanol–water partition coefficient (Wildman–Crippen LogP) is 3.14. The molecule has 0 spiro atoms. The molecule has 1 aliphatic rings. The van der Waals surface area contributed by atoms with Gasteiger partial charge in [0, 0.05) is 18.3 Å². The van der Waals surface area contributed by atoms with Crippen molar-refractivity contribution in [3.63, 3.8) is 0 Å². The number of anilines is 1. The zero-order valence-corrected chi connectivity index (χ0v) is 11.3. The lowest BCUT2D eigenvalue weighted by molar-refractivity contribution is 0.216. The standard InChI is InChI=1S/C16H20N2O/c1-18(12-15-6-4-10-19-15)14-9-8-13-5-2-3-7-16(13)17-11-14/h2-7,10,14,17H,8-9,11-12H2,1H3. The maximum atomic E-state index is 5.43. The molecule has 0 bridgehead atoms. The summed E-state index contributed by atoms with van der Waals surface area (Å²) < 4.78 is 5.43. The van der Waals surface area contributed by atoms with E-state index in [4.69, 9.17) is 4.42 Å². The average molecular weight is 256 g/mol. The summed E-state index contributed by atoms with van der Waals surface area (Å²) >= 11 is 0. The molecule has 3 heteroatoms. The first-order chi connectivity index (χ1) is 9.33. The molecule has 3 nitrogen and oxygen atoms in total. The molecule has 2 aromatic rings. The van der Waals surface area contributed by atoms with Gasteiger partial charge in [-0.05, 0) is 43.7 Å². The Morgan fingerprint density at radius 2 is 2.16 bits per heavy atom. The fraction of sp³-hybridized carbons (Fsp3) is 0.375. The van der Waals surface area contributed by atoms with Gasteiger partial charge in [0.25, 0.3) is 0 Å². The molecule has 19 heavy (non-hydrogen) atoms. The van der Waals surface area contributed by atoms with Crippen LogP contribution in [0.25, 0.3) is 0 Å². The number of hydrogen-bond acceptors (Lipinski definition) is 3. The number of nitrogens with zero attached hydrogens (tertiary/aromatic N) is 1. The van der Waals surface area contributed by atoms with Gasteiger partial charge in [0.05, 0.1) is 12.8 Å². The third-order valence-corrected chi connectivity index (χ3v) is 3.90. The van der Waals surface area contributed by atoms with Crippen LogP contribution in [0.4, 0.5) is 5.69 Å². The molecular weight excluding hydrogens is 236 g/mol. The van der Waals surface area contributed by atoms with Gasteiger partial charge < -0.3 is 9.73 Å². The van der Waals surface area contributed by atoms with Crippen LogP contribution in [0.3, 0.4) is 0 Å². The normalized spacial score (nSPS) is 18.7. The third-order valence-electron chi connectivity index (χ3n) is 3.90. The van der Waals surface area contributed by atoms with Crippen molar-refractivity contribution in [1.29, 1.82) is 0 Å². The summed E-state index contributed by atoms with van der Waals surface area (Å²) in [4.78, 5) is 2.37. The predicted molar refractivity (Wildman–Crippen MR) is 77.2 cm³/mol. The molecule has 0 amide bonds. The van der Waals surface area contributed by atoms with Crippen molar-refractivity contribution >= 4 is 5.69 Å². The molecule has 0 saturated heterocycles. The molecule has 1 aliphatic heterocycles. The highest BCUT2D eigenvalue weighted by Gasteiger charge is 2.19. The van der Waals surface area contributed by atoms with Gasteiger partial charge in [-0.25, -0.2) is 0 Å². The van der Waals surface area contributed by atoms with E-state index in [9.17, 15) is 0 Å².